The van der Waals surface area contributed by atoms with Crippen molar-refractivity contribution in [1.29, 1.82) is 0 Å². The minimum atomic E-state index is -1.01. The number of carbonyl (C=O) groups excluding carboxylic acids is 1. The molecule has 114 valence electrons. The molecule has 0 aliphatic heterocycles. The van der Waals surface area contributed by atoms with Crippen LogP contribution in [-0.2, 0) is 4.79 Å². The summed E-state index contributed by atoms with van der Waals surface area (Å²) >= 11 is 0. The normalized spacial score (nSPS) is 11.0. The number of carboxylic acids is 1. The standard InChI is InChI=1S/C16H16N2O4/c1-10(2)15-14(17-9-22-15)16(21)18-12-6-3-11(4-7-12)5-8-13(19)20/h3-10H,1-2H3,(H,18,21)(H,19,20)/b8-5+. The van der Waals surface area contributed by atoms with Gasteiger partial charge in [-0.2, -0.15) is 0 Å². The fraction of sp³-hybridized carbons (Fsp3) is 0.188. The van der Waals surface area contributed by atoms with Gasteiger partial charge >= 0.3 is 5.97 Å². The first kappa shape index (κ1) is 15.5. The van der Waals surface area contributed by atoms with Gasteiger partial charge in [0.05, 0.1) is 0 Å². The van der Waals surface area contributed by atoms with E-state index < -0.39 is 5.97 Å². The van der Waals surface area contributed by atoms with E-state index in [1.54, 1.807) is 24.3 Å². The molecule has 0 saturated carbocycles. The van der Waals surface area contributed by atoms with E-state index in [9.17, 15) is 9.59 Å². The molecule has 0 saturated heterocycles. The molecule has 1 amide bonds. The Kier molecular flexibility index (Phi) is 4.73. The Bertz CT molecular complexity index is 699. The number of hydrogen-bond acceptors (Lipinski definition) is 4. The van der Waals surface area contributed by atoms with Crippen LogP contribution >= 0.6 is 0 Å². The highest BCUT2D eigenvalue weighted by Gasteiger charge is 2.19. The SMILES string of the molecule is CC(C)c1ocnc1C(=O)Nc1ccc(/C=C/C(=O)O)cc1. The molecular weight excluding hydrogens is 284 g/mol. The lowest BCUT2D eigenvalue weighted by Gasteiger charge is -2.06. The molecule has 1 aromatic carbocycles. The van der Waals surface area contributed by atoms with Crippen molar-refractivity contribution in [3.05, 3.63) is 53.8 Å². The predicted octanol–water partition coefficient (Wildman–Crippen LogP) is 3.15. The number of carboxylic acid groups (broad SMARTS) is 1. The lowest BCUT2D eigenvalue weighted by molar-refractivity contribution is -0.131. The summed E-state index contributed by atoms with van der Waals surface area (Å²) in [5.41, 5.74) is 1.59. The van der Waals surface area contributed by atoms with Gasteiger partial charge in [0.15, 0.2) is 12.1 Å². The molecule has 2 rings (SSSR count). The van der Waals surface area contributed by atoms with E-state index in [1.807, 2.05) is 13.8 Å². The van der Waals surface area contributed by atoms with E-state index in [0.717, 1.165) is 11.6 Å². The molecule has 0 unspecified atom stereocenters. The van der Waals surface area contributed by atoms with E-state index >= 15 is 0 Å². The van der Waals surface area contributed by atoms with Crippen LogP contribution in [0.15, 0.2) is 41.2 Å². The number of carbonyl (C=O) groups is 2. The fourth-order valence-electron chi connectivity index (χ4n) is 1.87. The largest absolute Gasteiger partial charge is 0.478 e. The van der Waals surface area contributed by atoms with Crippen molar-refractivity contribution in [1.82, 2.24) is 4.98 Å². The van der Waals surface area contributed by atoms with Crippen molar-refractivity contribution < 1.29 is 19.1 Å². The predicted molar refractivity (Wildman–Crippen MR) is 81.7 cm³/mol. The molecule has 6 heteroatoms. The van der Waals surface area contributed by atoms with Gasteiger partial charge < -0.3 is 14.8 Å². The number of aliphatic carboxylic acids is 1. The van der Waals surface area contributed by atoms with Crippen LogP contribution in [0, 0.1) is 0 Å². The average molecular weight is 300 g/mol. The minimum Gasteiger partial charge on any atom is -0.478 e. The third-order valence-corrected chi connectivity index (χ3v) is 2.92. The third-order valence-electron chi connectivity index (χ3n) is 2.92. The lowest BCUT2D eigenvalue weighted by atomic mass is 10.1. The third kappa shape index (κ3) is 3.82. The number of rotatable bonds is 5. The Morgan fingerprint density at radius 1 is 1.27 bits per heavy atom. The van der Waals surface area contributed by atoms with Gasteiger partial charge in [0, 0.05) is 17.7 Å². The number of benzene rings is 1. The van der Waals surface area contributed by atoms with Crippen LogP contribution < -0.4 is 5.32 Å². The second kappa shape index (κ2) is 6.71. The molecule has 6 nitrogen and oxygen atoms in total. The lowest BCUT2D eigenvalue weighted by Crippen LogP contribution is -2.14. The fourth-order valence-corrected chi connectivity index (χ4v) is 1.87. The van der Waals surface area contributed by atoms with Gasteiger partial charge in [0.1, 0.15) is 5.76 Å². The molecule has 0 radical (unpaired) electrons. The summed E-state index contributed by atoms with van der Waals surface area (Å²) in [6.45, 7) is 3.84. The van der Waals surface area contributed by atoms with Gasteiger partial charge in [0.25, 0.3) is 5.91 Å². The first-order valence-electron chi connectivity index (χ1n) is 6.73. The van der Waals surface area contributed by atoms with Gasteiger partial charge in [-0.05, 0) is 23.8 Å². The Hall–Kier alpha value is -2.89. The van der Waals surface area contributed by atoms with E-state index in [2.05, 4.69) is 10.3 Å². The van der Waals surface area contributed by atoms with Crippen molar-refractivity contribution in [2.45, 2.75) is 19.8 Å². The summed E-state index contributed by atoms with van der Waals surface area (Å²) in [6, 6.07) is 6.80. The zero-order chi connectivity index (χ0) is 16.1. The van der Waals surface area contributed by atoms with Gasteiger partial charge in [-0.25, -0.2) is 9.78 Å². The van der Waals surface area contributed by atoms with Crippen molar-refractivity contribution in [2.24, 2.45) is 0 Å². The van der Waals surface area contributed by atoms with Crippen LogP contribution in [0.1, 0.15) is 41.6 Å². The van der Waals surface area contributed by atoms with E-state index in [4.69, 9.17) is 9.52 Å². The maximum Gasteiger partial charge on any atom is 0.328 e. The molecule has 1 heterocycles. The molecule has 0 spiro atoms. The minimum absolute atomic E-state index is 0.0618. The van der Waals surface area contributed by atoms with E-state index in [1.165, 1.54) is 12.5 Å². The van der Waals surface area contributed by atoms with Crippen molar-refractivity contribution >= 4 is 23.6 Å². The van der Waals surface area contributed by atoms with Gasteiger partial charge in [-0.1, -0.05) is 26.0 Å². The zero-order valence-electron chi connectivity index (χ0n) is 12.2. The van der Waals surface area contributed by atoms with Gasteiger partial charge in [0.2, 0.25) is 0 Å². The number of nitrogens with zero attached hydrogens (tertiary/aromatic N) is 1. The van der Waals surface area contributed by atoms with E-state index in [-0.39, 0.29) is 17.5 Å². The van der Waals surface area contributed by atoms with Crippen LogP contribution in [0.4, 0.5) is 5.69 Å². The highest BCUT2D eigenvalue weighted by Crippen LogP contribution is 2.19. The van der Waals surface area contributed by atoms with Crippen molar-refractivity contribution in [2.75, 3.05) is 5.32 Å². The van der Waals surface area contributed by atoms with Crippen molar-refractivity contribution in [3.8, 4) is 0 Å². The van der Waals surface area contributed by atoms with Gasteiger partial charge in [-0.15, -0.1) is 0 Å². The highest BCUT2D eigenvalue weighted by molar-refractivity contribution is 6.03. The monoisotopic (exact) mass is 300 g/mol. The molecule has 0 aliphatic carbocycles. The average Bonchev–Trinajstić information content (AvgIpc) is 2.96. The van der Waals surface area contributed by atoms with Crippen LogP contribution in [0.3, 0.4) is 0 Å². The molecule has 0 atom stereocenters. The summed E-state index contributed by atoms with van der Waals surface area (Å²) in [4.78, 5) is 26.6. The molecule has 2 aromatic rings. The van der Waals surface area contributed by atoms with Gasteiger partial charge in [-0.3, -0.25) is 4.79 Å². The molecule has 0 bridgehead atoms. The molecule has 1 aromatic heterocycles. The number of oxazole rings is 1. The first-order valence-corrected chi connectivity index (χ1v) is 6.73. The maximum absolute atomic E-state index is 12.2. The topological polar surface area (TPSA) is 92.4 Å². The quantitative estimate of drug-likeness (QED) is 0.827. The number of anilines is 1. The van der Waals surface area contributed by atoms with Crippen LogP contribution in [-0.4, -0.2) is 22.0 Å². The first-order chi connectivity index (χ1) is 10.5. The van der Waals surface area contributed by atoms with E-state index in [0.29, 0.717) is 11.4 Å². The van der Waals surface area contributed by atoms with Crippen LogP contribution in [0.25, 0.3) is 6.08 Å². The summed E-state index contributed by atoms with van der Waals surface area (Å²) in [5, 5.41) is 11.3. The zero-order valence-corrected chi connectivity index (χ0v) is 12.2. The second-order valence-corrected chi connectivity index (χ2v) is 4.97. The number of amides is 1. The number of nitrogens with one attached hydrogen (secondary N) is 1. The summed E-state index contributed by atoms with van der Waals surface area (Å²) < 4.78 is 5.22. The van der Waals surface area contributed by atoms with Crippen molar-refractivity contribution in [3.63, 3.8) is 0 Å². The Morgan fingerprint density at radius 3 is 2.55 bits per heavy atom. The Balaban J connectivity index is 2.09. The number of hydrogen-bond donors (Lipinski definition) is 2. The summed E-state index contributed by atoms with van der Waals surface area (Å²) in [5.74, 6) is -0.749. The molecule has 22 heavy (non-hydrogen) atoms. The molecule has 2 N–H and O–H groups in total. The second-order valence-electron chi connectivity index (χ2n) is 4.97. The van der Waals surface area contributed by atoms with Crippen LogP contribution in [0.2, 0.25) is 0 Å². The molecule has 0 aliphatic rings. The maximum atomic E-state index is 12.2. The Labute approximate surface area is 127 Å². The van der Waals surface area contributed by atoms with Crippen LogP contribution in [0.5, 0.6) is 0 Å². The Morgan fingerprint density at radius 2 is 1.95 bits per heavy atom. The summed E-state index contributed by atoms with van der Waals surface area (Å²) in [7, 11) is 0. The molecule has 0 fully saturated rings. The number of aromatic nitrogens is 1. The smallest absolute Gasteiger partial charge is 0.328 e. The molecular formula is C16H16N2O4. The highest BCUT2D eigenvalue weighted by atomic mass is 16.4. The summed E-state index contributed by atoms with van der Waals surface area (Å²) in [6.07, 6.45) is 3.78.